The van der Waals surface area contributed by atoms with Gasteiger partial charge in [0.1, 0.15) is 5.75 Å². The van der Waals surface area contributed by atoms with Crippen molar-refractivity contribution in [1.82, 2.24) is 0 Å². The van der Waals surface area contributed by atoms with Crippen LogP contribution in [0.3, 0.4) is 0 Å². The van der Waals surface area contributed by atoms with Crippen molar-refractivity contribution in [2.45, 2.75) is 95.9 Å². The maximum atomic E-state index is 15.6. The molecule has 0 aromatic heterocycles. The second-order valence-electron chi connectivity index (χ2n) is 14.2. The highest BCUT2D eigenvalue weighted by Crippen LogP contribution is 2.54. The summed E-state index contributed by atoms with van der Waals surface area (Å²) in [5.41, 5.74) is 0.0413. The lowest BCUT2D eigenvalue weighted by atomic mass is 9.68. The predicted octanol–water partition coefficient (Wildman–Crippen LogP) is 9.60. The molecule has 2 fully saturated rings. The molecule has 5 rings (SSSR count). The first-order valence-electron chi connectivity index (χ1n) is 18.9. The van der Waals surface area contributed by atoms with Gasteiger partial charge in [-0.05, 0) is 99.1 Å². The van der Waals surface area contributed by atoms with Gasteiger partial charge in [0.2, 0.25) is 11.5 Å². The van der Waals surface area contributed by atoms with Crippen LogP contribution in [0.15, 0.2) is 61.7 Å². The number of fused-ring (bicyclic) bond motifs is 1. The zero-order valence-electron chi connectivity index (χ0n) is 30.8. The molecule has 55 heavy (non-hydrogen) atoms. The highest BCUT2D eigenvalue weighted by atomic mass is 19.3. The molecule has 0 bridgehead atoms. The molecule has 0 unspecified atom stereocenters. The SMILES string of the molecule is C=CC(=O)OCCCCCC1CCC(C2CCC(C(F)(F)Oc3ccc(OC(=O)c4ccc(OCCCOC(=O)C=C)cc4)c4c3OC(F)(F)O4)CC2)CC1. The van der Waals surface area contributed by atoms with E-state index in [2.05, 4.69) is 22.6 Å². The van der Waals surface area contributed by atoms with Crippen molar-refractivity contribution >= 4 is 17.9 Å². The number of esters is 3. The van der Waals surface area contributed by atoms with E-state index in [-0.39, 0.29) is 31.6 Å². The van der Waals surface area contributed by atoms with Crippen LogP contribution < -0.4 is 23.7 Å². The van der Waals surface area contributed by atoms with Crippen LogP contribution in [0.2, 0.25) is 0 Å². The second-order valence-corrected chi connectivity index (χ2v) is 14.2. The molecule has 1 aliphatic heterocycles. The normalized spacial score (nSPS) is 21.5. The number of carbonyl (C=O) groups is 3. The van der Waals surface area contributed by atoms with Crippen LogP contribution >= 0.6 is 0 Å². The maximum Gasteiger partial charge on any atom is 0.586 e. The van der Waals surface area contributed by atoms with Crippen molar-refractivity contribution in [2.24, 2.45) is 23.7 Å². The van der Waals surface area contributed by atoms with Crippen molar-refractivity contribution in [3.8, 4) is 28.7 Å². The van der Waals surface area contributed by atoms with Crippen LogP contribution in [0.25, 0.3) is 0 Å². The highest BCUT2D eigenvalue weighted by Gasteiger charge is 2.50. The van der Waals surface area contributed by atoms with E-state index in [1.54, 1.807) is 0 Å². The third-order valence-corrected chi connectivity index (χ3v) is 10.5. The molecule has 10 nitrogen and oxygen atoms in total. The Morgan fingerprint density at radius 2 is 1.29 bits per heavy atom. The lowest BCUT2D eigenvalue weighted by molar-refractivity contribution is -0.288. The van der Waals surface area contributed by atoms with Crippen molar-refractivity contribution in [3.05, 3.63) is 67.3 Å². The van der Waals surface area contributed by atoms with Gasteiger partial charge in [-0.2, -0.15) is 8.78 Å². The van der Waals surface area contributed by atoms with Crippen molar-refractivity contribution in [2.75, 3.05) is 19.8 Å². The summed E-state index contributed by atoms with van der Waals surface area (Å²) in [5.74, 6) is -3.74. The Kier molecular flexibility index (Phi) is 14.5. The van der Waals surface area contributed by atoms with Crippen LogP contribution in [0.1, 0.15) is 93.8 Å². The molecule has 1 heterocycles. The summed E-state index contributed by atoms with van der Waals surface area (Å²) >= 11 is 0. The number of alkyl halides is 4. The minimum Gasteiger partial charge on any atom is -0.493 e. The van der Waals surface area contributed by atoms with E-state index in [0.29, 0.717) is 49.4 Å². The maximum absolute atomic E-state index is 15.6. The van der Waals surface area contributed by atoms with Gasteiger partial charge in [0.25, 0.3) is 0 Å². The van der Waals surface area contributed by atoms with Gasteiger partial charge in [0.05, 0.1) is 31.3 Å². The highest BCUT2D eigenvalue weighted by molar-refractivity contribution is 5.91. The fourth-order valence-corrected chi connectivity index (χ4v) is 7.51. The number of carbonyl (C=O) groups excluding carboxylic acids is 3. The van der Waals surface area contributed by atoms with Crippen LogP contribution in [0.5, 0.6) is 28.7 Å². The Hall–Kier alpha value is -4.75. The van der Waals surface area contributed by atoms with Crippen molar-refractivity contribution < 1.29 is 65.1 Å². The lowest BCUT2D eigenvalue weighted by Crippen LogP contribution is -2.38. The Balaban J connectivity index is 1.09. The van der Waals surface area contributed by atoms with E-state index in [1.807, 2.05) is 0 Å². The molecule has 0 saturated heterocycles. The van der Waals surface area contributed by atoms with Gasteiger partial charge >= 0.3 is 30.3 Å². The molecule has 2 aliphatic carbocycles. The molecule has 3 aliphatic rings. The summed E-state index contributed by atoms with van der Waals surface area (Å²) in [6.07, 6.45) is 4.93. The van der Waals surface area contributed by atoms with E-state index in [9.17, 15) is 23.2 Å². The van der Waals surface area contributed by atoms with E-state index in [1.165, 1.54) is 24.3 Å². The minimum absolute atomic E-state index is 0.0413. The molecule has 0 amide bonds. The molecular weight excluding hydrogens is 728 g/mol. The molecular formula is C41H48F4O10. The molecule has 300 valence electrons. The predicted molar refractivity (Wildman–Crippen MR) is 191 cm³/mol. The summed E-state index contributed by atoms with van der Waals surface area (Å²) < 4.78 is 94.8. The quantitative estimate of drug-likeness (QED) is 0.0449. The molecule has 14 heteroatoms. The molecule has 0 spiro atoms. The van der Waals surface area contributed by atoms with Crippen LogP contribution in [-0.4, -0.2) is 50.1 Å². The zero-order chi connectivity index (χ0) is 39.4. The number of rotatable bonds is 19. The Morgan fingerprint density at radius 1 is 0.727 bits per heavy atom. The van der Waals surface area contributed by atoms with Crippen LogP contribution in [0.4, 0.5) is 17.6 Å². The minimum atomic E-state index is -4.21. The van der Waals surface area contributed by atoms with Gasteiger partial charge in [-0.3, -0.25) is 0 Å². The lowest BCUT2D eigenvalue weighted by Gasteiger charge is -2.39. The Morgan fingerprint density at radius 3 is 1.91 bits per heavy atom. The number of hydrogen-bond acceptors (Lipinski definition) is 10. The van der Waals surface area contributed by atoms with Gasteiger partial charge in [-0.25, -0.2) is 14.4 Å². The van der Waals surface area contributed by atoms with E-state index in [4.69, 9.17) is 23.7 Å². The number of benzene rings is 2. The standard InChI is InChI=1S/C41H48F4O10/c1-3-35(46)50-24-7-5-6-9-27-10-12-28(13-11-27)29-14-18-31(19-15-29)40(42,43)53-34-23-22-33(37-38(34)55-41(44,45)54-37)52-39(48)30-16-20-32(21-17-30)49-25-8-26-51-36(47)4-2/h3-4,16-17,20-23,27-29,31H,1-2,5-15,18-19,24-26H2. The van der Waals surface area contributed by atoms with E-state index < -0.39 is 59.2 Å². The molecule has 0 N–H and O–H groups in total. The largest absolute Gasteiger partial charge is 0.586 e. The van der Waals surface area contributed by atoms with Gasteiger partial charge in [0, 0.05) is 18.6 Å². The summed E-state index contributed by atoms with van der Waals surface area (Å²) in [5, 5.41) is 0. The number of ether oxygens (including phenoxy) is 7. The smallest absolute Gasteiger partial charge is 0.493 e. The van der Waals surface area contributed by atoms with Gasteiger partial charge in [0.15, 0.2) is 11.5 Å². The summed E-state index contributed by atoms with van der Waals surface area (Å²) in [6.45, 7) is 7.47. The average Bonchev–Trinajstić information content (AvgIpc) is 3.52. The van der Waals surface area contributed by atoms with Crippen LogP contribution in [0, 0.1) is 23.7 Å². The first kappa shape index (κ1) is 41.4. The van der Waals surface area contributed by atoms with E-state index in [0.717, 1.165) is 75.7 Å². The fraction of sp³-hybridized carbons (Fsp3) is 0.537. The Labute approximate surface area is 318 Å². The van der Waals surface area contributed by atoms with Gasteiger partial charge < -0.3 is 33.2 Å². The molecule has 2 aromatic rings. The second kappa shape index (κ2) is 19.2. The third-order valence-electron chi connectivity index (χ3n) is 10.5. The summed E-state index contributed by atoms with van der Waals surface area (Å²) in [4.78, 5) is 35.1. The average molecular weight is 777 g/mol. The van der Waals surface area contributed by atoms with Crippen LogP contribution in [-0.2, 0) is 19.1 Å². The molecule has 2 saturated carbocycles. The summed E-state index contributed by atoms with van der Waals surface area (Å²) in [6, 6.07) is 7.78. The number of halogens is 4. The zero-order valence-corrected chi connectivity index (χ0v) is 30.8. The Bertz CT molecular complexity index is 1630. The first-order chi connectivity index (χ1) is 26.4. The third kappa shape index (κ3) is 11.9. The number of hydrogen-bond donors (Lipinski definition) is 0. The fourth-order valence-electron chi connectivity index (χ4n) is 7.51. The summed E-state index contributed by atoms with van der Waals surface area (Å²) in [7, 11) is 0. The van der Waals surface area contributed by atoms with Gasteiger partial charge in [-0.1, -0.05) is 45.3 Å². The number of unbranched alkanes of at least 4 members (excludes halogenated alkanes) is 2. The molecule has 2 aromatic carbocycles. The van der Waals surface area contributed by atoms with E-state index >= 15 is 8.78 Å². The topological polar surface area (TPSA) is 116 Å². The first-order valence-corrected chi connectivity index (χ1v) is 18.9. The van der Waals surface area contributed by atoms with Crippen molar-refractivity contribution in [1.29, 1.82) is 0 Å². The molecule has 0 atom stereocenters. The monoisotopic (exact) mass is 776 g/mol. The van der Waals surface area contributed by atoms with Gasteiger partial charge in [-0.15, -0.1) is 8.78 Å². The van der Waals surface area contributed by atoms with Crippen molar-refractivity contribution in [3.63, 3.8) is 0 Å². The molecule has 0 radical (unpaired) electrons.